The number of aromatic nitrogens is 1. The number of hydrogen-bond donors (Lipinski definition) is 2. The molecule has 1 fully saturated rings. The molecule has 0 unspecified atom stereocenters. The molecule has 25 heavy (non-hydrogen) atoms. The van der Waals surface area contributed by atoms with Crippen LogP contribution in [0.3, 0.4) is 0 Å². The van der Waals surface area contributed by atoms with Crippen LogP contribution in [0.5, 0.6) is 0 Å². The number of aryl methyl sites for hydroxylation is 1. The maximum absolute atomic E-state index is 11.8. The van der Waals surface area contributed by atoms with E-state index in [2.05, 4.69) is 30.6 Å². The molecule has 2 N–H and O–H groups in total. The van der Waals surface area contributed by atoms with E-state index < -0.39 is 0 Å². The Morgan fingerprint density at radius 3 is 2.72 bits per heavy atom. The van der Waals surface area contributed by atoms with Gasteiger partial charge in [0.25, 0.3) is 0 Å². The lowest BCUT2D eigenvalue weighted by molar-refractivity contribution is -0.120. The Labute approximate surface area is 148 Å². The standard InChI is InChI=1S/C16H28N6O3/c1-13-10-14(20-25-13)12-21-5-7-22(8-6-21)16(17-2)19-11-15(23)18-4-9-24-3/h10H,4-9,11-12H2,1-3H3,(H,17,19)(H,18,23). The molecule has 1 amide bonds. The van der Waals surface area contributed by atoms with Crippen molar-refractivity contribution in [3.05, 3.63) is 17.5 Å². The Morgan fingerprint density at radius 1 is 1.36 bits per heavy atom. The number of hydrogen-bond acceptors (Lipinski definition) is 6. The highest BCUT2D eigenvalue weighted by molar-refractivity contribution is 5.86. The van der Waals surface area contributed by atoms with Crippen LogP contribution in [0.2, 0.25) is 0 Å². The molecule has 0 saturated carbocycles. The third kappa shape index (κ3) is 6.35. The Hall–Kier alpha value is -2.13. The van der Waals surface area contributed by atoms with Gasteiger partial charge in [-0.05, 0) is 6.92 Å². The van der Waals surface area contributed by atoms with Gasteiger partial charge in [0.2, 0.25) is 5.91 Å². The van der Waals surface area contributed by atoms with Crippen molar-refractivity contribution in [1.29, 1.82) is 0 Å². The molecule has 1 aliphatic rings. The monoisotopic (exact) mass is 352 g/mol. The first-order valence-corrected chi connectivity index (χ1v) is 8.48. The molecular weight excluding hydrogens is 324 g/mol. The maximum Gasteiger partial charge on any atom is 0.239 e. The fourth-order valence-corrected chi connectivity index (χ4v) is 2.69. The molecule has 1 aliphatic heterocycles. The molecule has 2 rings (SSSR count). The summed E-state index contributed by atoms with van der Waals surface area (Å²) in [5.41, 5.74) is 0.959. The third-order valence-electron chi connectivity index (χ3n) is 3.98. The second-order valence-electron chi connectivity index (χ2n) is 5.94. The zero-order chi connectivity index (χ0) is 18.1. The number of ether oxygens (including phenoxy) is 1. The smallest absolute Gasteiger partial charge is 0.239 e. The summed E-state index contributed by atoms with van der Waals surface area (Å²) in [6, 6.07) is 1.97. The lowest BCUT2D eigenvalue weighted by Crippen LogP contribution is -2.53. The number of nitrogens with zero attached hydrogens (tertiary/aromatic N) is 4. The van der Waals surface area contributed by atoms with Gasteiger partial charge in [0.05, 0.1) is 18.8 Å². The van der Waals surface area contributed by atoms with E-state index in [9.17, 15) is 4.79 Å². The second kappa shape index (κ2) is 10.00. The number of amides is 1. The quantitative estimate of drug-likeness (QED) is 0.386. The van der Waals surface area contributed by atoms with Crippen molar-refractivity contribution < 1.29 is 14.1 Å². The fourth-order valence-electron chi connectivity index (χ4n) is 2.69. The zero-order valence-electron chi connectivity index (χ0n) is 15.2. The number of piperazine rings is 1. The molecule has 2 heterocycles. The van der Waals surface area contributed by atoms with Crippen molar-refractivity contribution in [2.24, 2.45) is 4.99 Å². The second-order valence-corrected chi connectivity index (χ2v) is 5.94. The highest BCUT2D eigenvalue weighted by Gasteiger charge is 2.20. The van der Waals surface area contributed by atoms with E-state index in [0.717, 1.165) is 50.1 Å². The number of rotatable bonds is 7. The Bertz CT molecular complexity index is 566. The van der Waals surface area contributed by atoms with Crippen LogP contribution in [0.4, 0.5) is 0 Å². The summed E-state index contributed by atoms with van der Waals surface area (Å²) in [5, 5.41) is 9.93. The summed E-state index contributed by atoms with van der Waals surface area (Å²) in [6.07, 6.45) is 0. The molecule has 0 bridgehead atoms. The Morgan fingerprint density at radius 2 is 2.12 bits per heavy atom. The van der Waals surface area contributed by atoms with Gasteiger partial charge < -0.3 is 24.8 Å². The minimum Gasteiger partial charge on any atom is -0.383 e. The van der Waals surface area contributed by atoms with Gasteiger partial charge in [0.1, 0.15) is 5.76 Å². The van der Waals surface area contributed by atoms with E-state index in [4.69, 9.17) is 9.26 Å². The van der Waals surface area contributed by atoms with E-state index in [1.807, 2.05) is 13.0 Å². The van der Waals surface area contributed by atoms with Crippen molar-refractivity contribution >= 4 is 11.9 Å². The zero-order valence-corrected chi connectivity index (χ0v) is 15.2. The van der Waals surface area contributed by atoms with Crippen molar-refractivity contribution in [3.63, 3.8) is 0 Å². The van der Waals surface area contributed by atoms with E-state index >= 15 is 0 Å². The lowest BCUT2D eigenvalue weighted by Gasteiger charge is -2.36. The molecule has 0 atom stereocenters. The van der Waals surface area contributed by atoms with Crippen LogP contribution in [0.1, 0.15) is 11.5 Å². The first-order valence-electron chi connectivity index (χ1n) is 8.48. The summed E-state index contributed by atoms with van der Waals surface area (Å²) in [5.74, 6) is 1.51. The average Bonchev–Trinajstić information content (AvgIpc) is 3.02. The van der Waals surface area contributed by atoms with Gasteiger partial charge >= 0.3 is 0 Å². The number of carbonyl (C=O) groups excluding carboxylic acids is 1. The summed E-state index contributed by atoms with van der Waals surface area (Å²) < 4.78 is 10.0. The fraction of sp³-hybridized carbons (Fsp3) is 0.688. The van der Waals surface area contributed by atoms with Crippen molar-refractivity contribution in [1.82, 2.24) is 25.6 Å². The molecule has 1 aromatic rings. The molecule has 140 valence electrons. The average molecular weight is 352 g/mol. The minimum atomic E-state index is -0.0711. The van der Waals surface area contributed by atoms with Crippen molar-refractivity contribution in [2.45, 2.75) is 13.5 Å². The maximum atomic E-state index is 11.8. The molecule has 9 heteroatoms. The lowest BCUT2D eigenvalue weighted by atomic mass is 10.3. The molecule has 0 radical (unpaired) electrons. The SMILES string of the molecule is CN=C(NCC(=O)NCCOC)N1CCN(Cc2cc(C)on2)CC1. The van der Waals surface area contributed by atoms with Crippen LogP contribution in [0, 0.1) is 6.92 Å². The van der Waals surface area contributed by atoms with Crippen molar-refractivity contribution in [2.75, 3.05) is 60.0 Å². The molecule has 9 nitrogen and oxygen atoms in total. The van der Waals surface area contributed by atoms with Crippen molar-refractivity contribution in [3.8, 4) is 0 Å². The van der Waals surface area contributed by atoms with Gasteiger partial charge in [-0.15, -0.1) is 0 Å². The Kier molecular flexibility index (Phi) is 7.68. The third-order valence-corrected chi connectivity index (χ3v) is 3.98. The van der Waals surface area contributed by atoms with Crippen LogP contribution in [-0.4, -0.2) is 86.9 Å². The number of methoxy groups -OCH3 is 1. The summed E-state index contributed by atoms with van der Waals surface area (Å²) in [7, 11) is 3.34. The molecule has 1 saturated heterocycles. The number of guanidine groups is 1. The highest BCUT2D eigenvalue weighted by Crippen LogP contribution is 2.09. The van der Waals surface area contributed by atoms with Gasteiger partial charge in [0.15, 0.2) is 5.96 Å². The van der Waals surface area contributed by atoms with Crippen LogP contribution in [-0.2, 0) is 16.1 Å². The predicted molar refractivity (Wildman–Crippen MR) is 94.3 cm³/mol. The largest absolute Gasteiger partial charge is 0.383 e. The minimum absolute atomic E-state index is 0.0711. The van der Waals surface area contributed by atoms with Gasteiger partial charge in [-0.25, -0.2) is 0 Å². The van der Waals surface area contributed by atoms with Gasteiger partial charge in [-0.3, -0.25) is 14.7 Å². The van der Waals surface area contributed by atoms with E-state index in [1.165, 1.54) is 0 Å². The number of carbonyl (C=O) groups is 1. The first-order chi connectivity index (χ1) is 12.1. The molecule has 0 aliphatic carbocycles. The summed E-state index contributed by atoms with van der Waals surface area (Å²) in [6.45, 7) is 7.43. The van der Waals surface area contributed by atoms with Crippen LogP contribution >= 0.6 is 0 Å². The molecule has 0 aromatic carbocycles. The first kappa shape index (κ1) is 19.2. The van der Waals surface area contributed by atoms with Crippen LogP contribution < -0.4 is 10.6 Å². The van der Waals surface area contributed by atoms with Crippen LogP contribution in [0.25, 0.3) is 0 Å². The van der Waals surface area contributed by atoms with E-state index in [0.29, 0.717) is 13.2 Å². The number of nitrogens with one attached hydrogen (secondary N) is 2. The van der Waals surface area contributed by atoms with E-state index in [1.54, 1.807) is 14.2 Å². The topological polar surface area (TPSA) is 95.2 Å². The van der Waals surface area contributed by atoms with Crippen LogP contribution in [0.15, 0.2) is 15.6 Å². The molecular formula is C16H28N6O3. The van der Waals surface area contributed by atoms with Gasteiger partial charge in [-0.1, -0.05) is 5.16 Å². The van der Waals surface area contributed by atoms with E-state index in [-0.39, 0.29) is 12.5 Å². The molecule has 0 spiro atoms. The summed E-state index contributed by atoms with van der Waals surface area (Å²) in [4.78, 5) is 20.5. The van der Waals surface area contributed by atoms with Gasteiger partial charge in [-0.2, -0.15) is 0 Å². The predicted octanol–water partition coefficient (Wildman–Crippen LogP) is -0.561. The summed E-state index contributed by atoms with van der Waals surface area (Å²) >= 11 is 0. The Balaban J connectivity index is 1.71. The highest BCUT2D eigenvalue weighted by atomic mass is 16.5. The van der Waals surface area contributed by atoms with Gasteiger partial charge in [0, 0.05) is 59.5 Å². The molecule has 1 aromatic heterocycles. The number of aliphatic imine (C=N–C) groups is 1. The normalized spacial score (nSPS) is 16.1.